The van der Waals surface area contributed by atoms with E-state index in [-0.39, 0.29) is 17.0 Å². The zero-order chi connectivity index (χ0) is 37.1. The van der Waals surface area contributed by atoms with Gasteiger partial charge in [0.05, 0.1) is 12.2 Å². The van der Waals surface area contributed by atoms with E-state index in [2.05, 4.69) is 30.3 Å². The number of pyridine rings is 1. The largest absolute Gasteiger partial charge is 0.406 e. The van der Waals surface area contributed by atoms with Crippen LogP contribution < -0.4 is 15.5 Å². The highest BCUT2D eigenvalue weighted by atomic mass is 19.4. The SMILES string of the molecule is O=c1n(CC(F)(F)F)ccn1-c1ccc(N2CCN(c3ccc(-c4ccc(C(F)(F)[C@]5(O)Cn6nnnc6-c6cc(F)ccc65)nc4)cc3)CC2)cc1. The summed E-state index contributed by atoms with van der Waals surface area (Å²) >= 11 is 0. The summed E-state index contributed by atoms with van der Waals surface area (Å²) in [6.07, 6.45) is -0.746. The van der Waals surface area contributed by atoms with Gasteiger partial charge >= 0.3 is 17.8 Å². The molecule has 3 aromatic heterocycles. The fourth-order valence-electron chi connectivity index (χ4n) is 6.93. The quantitative estimate of drug-likeness (QED) is 0.218. The maximum absolute atomic E-state index is 16.1. The number of rotatable bonds is 7. The Balaban J connectivity index is 0.917. The first-order valence-electron chi connectivity index (χ1n) is 16.5. The third-order valence-electron chi connectivity index (χ3n) is 9.72. The number of hydrogen-bond acceptors (Lipinski definition) is 8. The van der Waals surface area contributed by atoms with Crippen molar-refractivity contribution in [2.24, 2.45) is 0 Å². The van der Waals surface area contributed by atoms with Crippen molar-refractivity contribution in [3.63, 3.8) is 0 Å². The number of piperazine rings is 1. The molecule has 1 atom stereocenters. The lowest BCUT2D eigenvalue weighted by Crippen LogP contribution is -2.49. The third-order valence-corrected chi connectivity index (χ3v) is 9.72. The fourth-order valence-corrected chi connectivity index (χ4v) is 6.93. The van der Waals surface area contributed by atoms with Crippen LogP contribution in [0.15, 0.2) is 102 Å². The molecule has 8 rings (SSSR count). The molecule has 272 valence electrons. The highest BCUT2D eigenvalue weighted by Gasteiger charge is 2.59. The number of alkyl halides is 5. The fraction of sp³-hybridized carbons (Fsp3) is 0.250. The number of nitrogens with zero attached hydrogens (tertiary/aromatic N) is 9. The van der Waals surface area contributed by atoms with Crippen molar-refractivity contribution in [2.45, 2.75) is 30.8 Å². The highest BCUT2D eigenvalue weighted by molar-refractivity contribution is 5.67. The van der Waals surface area contributed by atoms with Crippen LogP contribution in [-0.2, 0) is 24.6 Å². The Morgan fingerprint density at radius 2 is 1.40 bits per heavy atom. The van der Waals surface area contributed by atoms with E-state index in [9.17, 15) is 27.5 Å². The summed E-state index contributed by atoms with van der Waals surface area (Å²) in [7, 11) is 0. The molecule has 1 saturated heterocycles. The van der Waals surface area contributed by atoms with Crippen LogP contribution in [0.3, 0.4) is 0 Å². The summed E-state index contributed by atoms with van der Waals surface area (Å²) in [6, 6.07) is 20.5. The number of aliphatic hydroxyl groups is 1. The van der Waals surface area contributed by atoms with Crippen LogP contribution in [0.5, 0.6) is 0 Å². The van der Waals surface area contributed by atoms with Crippen LogP contribution in [0.1, 0.15) is 11.3 Å². The Labute approximate surface area is 297 Å². The first-order valence-corrected chi connectivity index (χ1v) is 16.5. The Bertz CT molecular complexity index is 2330. The molecular weight excluding hydrogens is 704 g/mol. The standard InChI is InChI=1S/C36H29F6N9O2/c37-25-4-11-30-29(19-25)32-44-45-46-51(32)21-34(30,53)36(41,42)31-12-3-24(20-43-31)23-1-5-26(6-2-23)47-13-15-48(16-14-47)27-7-9-28(10-8-27)50-18-17-49(33(50)52)22-35(38,39)40/h1-12,17-20,53H,13-16,21-22H2/t34-/m0/s1. The first-order chi connectivity index (χ1) is 25.3. The van der Waals surface area contributed by atoms with Crippen molar-refractivity contribution >= 4 is 11.4 Å². The van der Waals surface area contributed by atoms with Gasteiger partial charge in [-0.25, -0.2) is 13.9 Å². The minimum atomic E-state index is -4.50. The highest BCUT2D eigenvalue weighted by Crippen LogP contribution is 2.50. The summed E-state index contributed by atoms with van der Waals surface area (Å²) in [6.45, 7) is 0.788. The molecule has 1 fully saturated rings. The van der Waals surface area contributed by atoms with Crippen molar-refractivity contribution in [1.29, 1.82) is 0 Å². The maximum atomic E-state index is 16.1. The number of fused-ring (bicyclic) bond motifs is 3. The molecule has 6 aromatic rings. The zero-order valence-electron chi connectivity index (χ0n) is 27.6. The van der Waals surface area contributed by atoms with Crippen LogP contribution in [0.2, 0.25) is 0 Å². The van der Waals surface area contributed by atoms with Crippen LogP contribution in [-0.4, -0.2) is 71.8 Å². The molecular formula is C36H29F6N9O2. The number of anilines is 2. The molecule has 0 radical (unpaired) electrons. The molecule has 2 aliphatic rings. The van der Waals surface area contributed by atoms with Gasteiger partial charge in [0, 0.05) is 72.8 Å². The van der Waals surface area contributed by atoms with Gasteiger partial charge in [0.15, 0.2) is 11.4 Å². The second kappa shape index (κ2) is 12.6. The maximum Gasteiger partial charge on any atom is 0.406 e. The van der Waals surface area contributed by atoms with Gasteiger partial charge in [0.2, 0.25) is 0 Å². The average Bonchev–Trinajstić information content (AvgIpc) is 3.77. The monoisotopic (exact) mass is 733 g/mol. The van der Waals surface area contributed by atoms with Crippen molar-refractivity contribution in [2.75, 3.05) is 36.0 Å². The third kappa shape index (κ3) is 6.09. The normalized spacial score (nSPS) is 17.5. The number of benzene rings is 3. The average molecular weight is 734 g/mol. The first kappa shape index (κ1) is 34.1. The van der Waals surface area contributed by atoms with Gasteiger partial charge in [-0.15, -0.1) is 5.10 Å². The van der Waals surface area contributed by atoms with Crippen LogP contribution in [0, 0.1) is 5.82 Å². The smallest absolute Gasteiger partial charge is 0.377 e. The van der Waals surface area contributed by atoms with Crippen molar-refractivity contribution in [3.05, 3.63) is 125 Å². The Morgan fingerprint density at radius 3 is 2.02 bits per heavy atom. The number of tetrazole rings is 1. The molecule has 0 bridgehead atoms. The van der Waals surface area contributed by atoms with Gasteiger partial charge in [0.1, 0.15) is 18.1 Å². The zero-order valence-corrected chi connectivity index (χ0v) is 27.6. The van der Waals surface area contributed by atoms with E-state index < -0.39 is 48.0 Å². The summed E-state index contributed by atoms with van der Waals surface area (Å²) in [5, 5.41) is 22.5. The summed E-state index contributed by atoms with van der Waals surface area (Å²) < 4.78 is 87.5. The minimum absolute atomic E-state index is 0.0330. The molecule has 0 unspecified atom stereocenters. The lowest BCUT2D eigenvalue weighted by molar-refractivity contribution is -0.207. The van der Waals surface area contributed by atoms with Gasteiger partial charge in [-0.1, -0.05) is 24.3 Å². The Morgan fingerprint density at radius 1 is 0.774 bits per heavy atom. The molecule has 0 amide bonds. The number of imidazole rings is 1. The summed E-state index contributed by atoms with van der Waals surface area (Å²) in [5.74, 6) is -4.52. The van der Waals surface area contributed by atoms with Gasteiger partial charge in [-0.3, -0.25) is 14.1 Å². The Kier molecular flexibility index (Phi) is 8.12. The van der Waals surface area contributed by atoms with Gasteiger partial charge in [0.25, 0.3) is 0 Å². The van der Waals surface area contributed by atoms with E-state index in [0.29, 0.717) is 42.0 Å². The number of aromatic nitrogens is 7. The predicted molar refractivity (Wildman–Crippen MR) is 181 cm³/mol. The molecule has 17 heteroatoms. The van der Waals surface area contributed by atoms with E-state index in [4.69, 9.17) is 0 Å². The molecule has 3 aromatic carbocycles. The lowest BCUT2D eigenvalue weighted by Gasteiger charge is -2.39. The second-order valence-corrected chi connectivity index (χ2v) is 12.9. The number of hydrogen-bond donors (Lipinski definition) is 1. The molecule has 11 nitrogen and oxygen atoms in total. The topological polar surface area (TPSA) is 110 Å². The van der Waals surface area contributed by atoms with E-state index in [1.54, 1.807) is 12.1 Å². The van der Waals surface area contributed by atoms with E-state index in [0.717, 1.165) is 52.1 Å². The lowest BCUT2D eigenvalue weighted by atomic mass is 9.80. The molecule has 5 heterocycles. The molecule has 0 spiro atoms. The van der Waals surface area contributed by atoms with E-state index in [1.807, 2.05) is 36.4 Å². The Hall–Kier alpha value is -5.97. The molecule has 53 heavy (non-hydrogen) atoms. The van der Waals surface area contributed by atoms with E-state index in [1.165, 1.54) is 23.0 Å². The van der Waals surface area contributed by atoms with Crippen LogP contribution >= 0.6 is 0 Å². The summed E-state index contributed by atoms with van der Waals surface area (Å²) in [4.78, 5) is 20.9. The molecule has 2 aliphatic heterocycles. The van der Waals surface area contributed by atoms with Gasteiger partial charge < -0.3 is 14.9 Å². The van der Waals surface area contributed by atoms with Crippen molar-refractivity contribution in [3.8, 4) is 28.2 Å². The van der Waals surface area contributed by atoms with Gasteiger partial charge in [-0.05, 0) is 70.6 Å². The van der Waals surface area contributed by atoms with E-state index >= 15 is 8.78 Å². The molecule has 0 aliphatic carbocycles. The molecule has 0 saturated carbocycles. The number of halogens is 6. The van der Waals surface area contributed by atoms with Crippen LogP contribution in [0.25, 0.3) is 28.2 Å². The second-order valence-electron chi connectivity index (χ2n) is 12.9. The summed E-state index contributed by atoms with van der Waals surface area (Å²) in [5.41, 5.74) is -0.798. The molecule has 1 N–H and O–H groups in total. The van der Waals surface area contributed by atoms with Gasteiger partial charge in [-0.2, -0.15) is 22.0 Å². The van der Waals surface area contributed by atoms with Crippen molar-refractivity contribution in [1.82, 2.24) is 34.3 Å². The predicted octanol–water partition coefficient (Wildman–Crippen LogP) is 5.38. The van der Waals surface area contributed by atoms with Crippen molar-refractivity contribution < 1.29 is 31.4 Å². The minimum Gasteiger partial charge on any atom is -0.377 e. The van der Waals surface area contributed by atoms with Crippen LogP contribution in [0.4, 0.5) is 37.7 Å².